The maximum absolute atomic E-state index is 14.1. The average Bonchev–Trinajstić information content (AvgIpc) is 2.92. The van der Waals surface area contributed by atoms with Crippen LogP contribution < -0.4 is 14.4 Å². The van der Waals surface area contributed by atoms with E-state index in [4.69, 9.17) is 4.74 Å². The molecule has 0 fully saturated rings. The fourth-order valence-electron chi connectivity index (χ4n) is 4.38. The SMILES string of the molecule is CCC(C(=O)NC(C)(C)C)N(Cc1ccc(C)cc1)C(=O)CN(c1ccc(C)cc1)S(=O)(=O)c1ccc(OC)cc1. The third kappa shape index (κ3) is 8.33. The van der Waals surface area contributed by atoms with Gasteiger partial charge in [0, 0.05) is 12.1 Å². The first kappa shape index (κ1) is 31.7. The number of nitrogens with zero attached hydrogens (tertiary/aromatic N) is 2. The summed E-state index contributed by atoms with van der Waals surface area (Å²) in [5.41, 5.74) is 2.70. The van der Waals surface area contributed by atoms with Gasteiger partial charge in [-0.1, -0.05) is 54.4 Å². The summed E-state index contributed by atoms with van der Waals surface area (Å²) in [7, 11) is -2.65. The van der Waals surface area contributed by atoms with Crippen LogP contribution >= 0.6 is 0 Å². The molecule has 1 atom stereocenters. The minimum atomic E-state index is -4.15. The topological polar surface area (TPSA) is 96.0 Å². The molecule has 41 heavy (non-hydrogen) atoms. The van der Waals surface area contributed by atoms with Crippen LogP contribution in [0.15, 0.2) is 77.7 Å². The Kier molecular flexibility index (Phi) is 10.2. The van der Waals surface area contributed by atoms with Crippen molar-refractivity contribution >= 4 is 27.5 Å². The van der Waals surface area contributed by atoms with E-state index in [1.165, 1.54) is 24.1 Å². The summed E-state index contributed by atoms with van der Waals surface area (Å²) in [4.78, 5) is 29.0. The Bertz CT molecular complexity index is 1430. The van der Waals surface area contributed by atoms with Crippen molar-refractivity contribution in [2.75, 3.05) is 18.0 Å². The van der Waals surface area contributed by atoms with Gasteiger partial charge in [-0.15, -0.1) is 0 Å². The van der Waals surface area contributed by atoms with Crippen molar-refractivity contribution in [2.24, 2.45) is 0 Å². The summed E-state index contributed by atoms with van der Waals surface area (Å²) >= 11 is 0. The number of carbonyl (C=O) groups excluding carboxylic acids is 2. The molecule has 8 nitrogen and oxygen atoms in total. The van der Waals surface area contributed by atoms with E-state index in [0.29, 0.717) is 17.9 Å². The Labute approximate surface area is 244 Å². The highest BCUT2D eigenvalue weighted by Gasteiger charge is 2.34. The zero-order valence-corrected chi connectivity index (χ0v) is 25.8. The fraction of sp³-hybridized carbons (Fsp3) is 0.375. The lowest BCUT2D eigenvalue weighted by Crippen LogP contribution is -2.55. The standard InChI is InChI=1S/C32H41N3O5S/c1-8-29(31(37)33-32(4,5)6)34(21-25-13-9-23(2)10-14-25)30(36)22-35(26-15-11-24(3)12-16-26)41(38,39)28-19-17-27(40-7)18-20-28/h9-20,29H,8,21-22H2,1-7H3,(H,33,37). The van der Waals surface area contributed by atoms with Crippen LogP contribution in [0.1, 0.15) is 50.8 Å². The summed E-state index contributed by atoms with van der Waals surface area (Å²) in [5, 5.41) is 2.98. The lowest BCUT2D eigenvalue weighted by Gasteiger charge is -2.34. The van der Waals surface area contributed by atoms with Crippen LogP contribution in [0.4, 0.5) is 5.69 Å². The molecule has 0 bridgehead atoms. The molecule has 9 heteroatoms. The second-order valence-corrected chi connectivity index (χ2v) is 13.1. The van der Waals surface area contributed by atoms with Crippen molar-refractivity contribution in [1.29, 1.82) is 0 Å². The highest BCUT2D eigenvalue weighted by atomic mass is 32.2. The molecule has 0 heterocycles. The number of hydrogen-bond donors (Lipinski definition) is 1. The summed E-state index contributed by atoms with van der Waals surface area (Å²) in [5.74, 6) is -0.263. The van der Waals surface area contributed by atoms with Crippen LogP contribution in [0.25, 0.3) is 0 Å². The number of aryl methyl sites for hydroxylation is 2. The predicted molar refractivity (Wildman–Crippen MR) is 162 cm³/mol. The molecule has 0 aliphatic carbocycles. The van der Waals surface area contributed by atoms with Crippen molar-refractivity contribution in [3.63, 3.8) is 0 Å². The van der Waals surface area contributed by atoms with Crippen molar-refractivity contribution in [2.45, 2.75) is 71.0 Å². The van der Waals surface area contributed by atoms with Crippen molar-refractivity contribution in [1.82, 2.24) is 10.2 Å². The number of carbonyl (C=O) groups is 2. The third-order valence-electron chi connectivity index (χ3n) is 6.61. The number of amides is 2. The molecule has 3 rings (SSSR count). The van der Waals surface area contributed by atoms with Crippen LogP contribution in [0.3, 0.4) is 0 Å². The van der Waals surface area contributed by atoms with Crippen LogP contribution in [0, 0.1) is 13.8 Å². The summed E-state index contributed by atoms with van der Waals surface area (Å²) < 4.78 is 34.2. The second kappa shape index (κ2) is 13.2. The maximum Gasteiger partial charge on any atom is 0.264 e. The van der Waals surface area contributed by atoms with Gasteiger partial charge in [0.2, 0.25) is 11.8 Å². The first-order valence-corrected chi connectivity index (χ1v) is 15.1. The van der Waals surface area contributed by atoms with E-state index in [-0.39, 0.29) is 17.3 Å². The Morgan fingerprint density at radius 3 is 1.90 bits per heavy atom. The van der Waals surface area contributed by atoms with Gasteiger partial charge in [0.15, 0.2) is 0 Å². The number of nitrogens with one attached hydrogen (secondary N) is 1. The molecule has 0 aliphatic heterocycles. The van der Waals surface area contributed by atoms with Gasteiger partial charge in [0.25, 0.3) is 10.0 Å². The van der Waals surface area contributed by atoms with Gasteiger partial charge in [0.05, 0.1) is 17.7 Å². The molecule has 0 radical (unpaired) electrons. The predicted octanol–water partition coefficient (Wildman–Crippen LogP) is 5.23. The molecule has 1 N–H and O–H groups in total. The van der Waals surface area contributed by atoms with Crippen LogP contribution in [-0.2, 0) is 26.2 Å². The first-order chi connectivity index (χ1) is 19.2. The monoisotopic (exact) mass is 579 g/mol. The highest BCUT2D eigenvalue weighted by molar-refractivity contribution is 7.92. The summed E-state index contributed by atoms with van der Waals surface area (Å²) in [6.45, 7) is 11.0. The molecule has 3 aromatic rings. The van der Waals surface area contributed by atoms with Gasteiger partial charge in [-0.3, -0.25) is 13.9 Å². The van der Waals surface area contributed by atoms with Gasteiger partial charge in [-0.25, -0.2) is 8.42 Å². The van der Waals surface area contributed by atoms with Gasteiger partial charge < -0.3 is 15.0 Å². The Morgan fingerprint density at radius 1 is 0.878 bits per heavy atom. The molecular formula is C32H41N3O5S. The minimum Gasteiger partial charge on any atom is -0.497 e. The zero-order valence-electron chi connectivity index (χ0n) is 25.0. The lowest BCUT2D eigenvalue weighted by atomic mass is 10.1. The molecule has 3 aromatic carbocycles. The van der Waals surface area contributed by atoms with Crippen LogP contribution in [-0.4, -0.2) is 50.4 Å². The van der Waals surface area contributed by atoms with Crippen LogP contribution in [0.5, 0.6) is 5.75 Å². The first-order valence-electron chi connectivity index (χ1n) is 13.7. The minimum absolute atomic E-state index is 0.0225. The molecule has 0 spiro atoms. The number of sulfonamides is 1. The molecular weight excluding hydrogens is 538 g/mol. The van der Waals surface area contributed by atoms with Crippen molar-refractivity contribution < 1.29 is 22.7 Å². The smallest absolute Gasteiger partial charge is 0.264 e. The third-order valence-corrected chi connectivity index (χ3v) is 8.39. The van der Waals surface area contributed by atoms with E-state index in [0.717, 1.165) is 21.0 Å². The van der Waals surface area contributed by atoms with Gasteiger partial charge >= 0.3 is 0 Å². The summed E-state index contributed by atoms with van der Waals surface area (Å²) in [6.07, 6.45) is 0.356. The zero-order chi connectivity index (χ0) is 30.4. The number of hydrogen-bond acceptors (Lipinski definition) is 5. The molecule has 220 valence electrons. The molecule has 0 saturated carbocycles. The molecule has 0 aliphatic rings. The Morgan fingerprint density at radius 2 is 1.41 bits per heavy atom. The number of rotatable bonds is 11. The van der Waals surface area contributed by atoms with Gasteiger partial charge in [0.1, 0.15) is 18.3 Å². The Balaban J connectivity index is 2.06. The van der Waals surface area contributed by atoms with E-state index in [1.807, 2.05) is 65.8 Å². The summed E-state index contributed by atoms with van der Waals surface area (Å²) in [6, 6.07) is 19.9. The largest absolute Gasteiger partial charge is 0.497 e. The number of ether oxygens (including phenoxy) is 1. The number of anilines is 1. The highest BCUT2D eigenvalue weighted by Crippen LogP contribution is 2.26. The second-order valence-electron chi connectivity index (χ2n) is 11.2. The lowest BCUT2D eigenvalue weighted by molar-refractivity contribution is -0.141. The van der Waals surface area contributed by atoms with E-state index in [9.17, 15) is 18.0 Å². The van der Waals surface area contributed by atoms with E-state index < -0.39 is 34.1 Å². The van der Waals surface area contributed by atoms with Crippen LogP contribution in [0.2, 0.25) is 0 Å². The number of benzene rings is 3. The molecule has 0 aromatic heterocycles. The Hall–Kier alpha value is -3.85. The van der Waals surface area contributed by atoms with E-state index in [2.05, 4.69) is 5.32 Å². The normalized spacial score (nSPS) is 12.4. The fourth-order valence-corrected chi connectivity index (χ4v) is 5.79. The molecule has 2 amide bonds. The van der Waals surface area contributed by atoms with Crippen molar-refractivity contribution in [3.8, 4) is 5.75 Å². The van der Waals surface area contributed by atoms with Crippen molar-refractivity contribution in [3.05, 3.63) is 89.5 Å². The van der Waals surface area contributed by atoms with Gasteiger partial charge in [-0.2, -0.15) is 0 Å². The average molecular weight is 580 g/mol. The maximum atomic E-state index is 14.1. The van der Waals surface area contributed by atoms with E-state index >= 15 is 0 Å². The molecule has 1 unspecified atom stereocenters. The number of methoxy groups -OCH3 is 1. The molecule has 0 saturated heterocycles. The van der Waals surface area contributed by atoms with E-state index in [1.54, 1.807) is 36.4 Å². The quantitative estimate of drug-likeness (QED) is 0.336. The van der Waals surface area contributed by atoms with Gasteiger partial charge in [-0.05, 0) is 83.0 Å².